The lowest BCUT2D eigenvalue weighted by Gasteiger charge is -2.21. The number of aromatic nitrogens is 3. The van der Waals surface area contributed by atoms with Crippen LogP contribution in [-0.2, 0) is 9.59 Å². The summed E-state index contributed by atoms with van der Waals surface area (Å²) in [6.45, 7) is 0.610. The molecule has 2 saturated carbocycles. The van der Waals surface area contributed by atoms with Crippen LogP contribution in [0.4, 0.5) is 5.69 Å². The second kappa shape index (κ2) is 6.66. The molecule has 1 aromatic carbocycles. The highest BCUT2D eigenvalue weighted by molar-refractivity contribution is 6.39. The van der Waals surface area contributed by atoms with Gasteiger partial charge in [0.1, 0.15) is 12.7 Å². The van der Waals surface area contributed by atoms with Crippen molar-refractivity contribution in [2.24, 2.45) is 17.8 Å². The number of carbonyl (C=O) groups excluding carboxylic acids is 2. The zero-order valence-electron chi connectivity index (χ0n) is 13.9. The van der Waals surface area contributed by atoms with Gasteiger partial charge in [0.15, 0.2) is 0 Å². The summed E-state index contributed by atoms with van der Waals surface area (Å²) in [5.41, 5.74) is 1.40. The number of anilines is 1. The normalized spacial score (nSPS) is 24.2. The van der Waals surface area contributed by atoms with Crippen LogP contribution in [0.25, 0.3) is 5.69 Å². The lowest BCUT2D eigenvalue weighted by atomic mass is 9.89. The number of carbonyl (C=O) groups is 2. The van der Waals surface area contributed by atoms with Crippen LogP contribution in [-0.4, -0.2) is 33.1 Å². The largest absolute Gasteiger partial charge is 0.348 e. The Labute approximate surface area is 145 Å². The molecular formula is C18H21N5O2. The predicted molar refractivity (Wildman–Crippen MR) is 91.9 cm³/mol. The van der Waals surface area contributed by atoms with E-state index in [-0.39, 0.29) is 0 Å². The van der Waals surface area contributed by atoms with Crippen LogP contribution in [0.3, 0.4) is 0 Å². The summed E-state index contributed by atoms with van der Waals surface area (Å²) in [5, 5.41) is 9.45. The molecule has 0 unspecified atom stereocenters. The highest BCUT2D eigenvalue weighted by atomic mass is 16.2. The summed E-state index contributed by atoms with van der Waals surface area (Å²) in [6.07, 6.45) is 8.14. The van der Waals surface area contributed by atoms with Crippen molar-refractivity contribution in [1.29, 1.82) is 0 Å². The first-order valence-corrected chi connectivity index (χ1v) is 8.73. The molecule has 2 N–H and O–H groups in total. The molecule has 4 rings (SSSR count). The topological polar surface area (TPSA) is 88.9 Å². The zero-order valence-corrected chi connectivity index (χ0v) is 13.9. The summed E-state index contributed by atoms with van der Waals surface area (Å²) in [5.74, 6) is 0.916. The molecule has 3 atom stereocenters. The Kier molecular flexibility index (Phi) is 4.21. The van der Waals surface area contributed by atoms with Crippen molar-refractivity contribution in [3.8, 4) is 5.69 Å². The first-order chi connectivity index (χ1) is 12.2. The monoisotopic (exact) mass is 339 g/mol. The number of benzene rings is 1. The van der Waals surface area contributed by atoms with Crippen LogP contribution in [0.15, 0.2) is 36.9 Å². The fourth-order valence-corrected chi connectivity index (χ4v) is 4.16. The minimum atomic E-state index is -0.628. The van der Waals surface area contributed by atoms with Gasteiger partial charge in [-0.05, 0) is 61.3 Å². The fourth-order valence-electron chi connectivity index (χ4n) is 4.16. The molecule has 7 heteroatoms. The van der Waals surface area contributed by atoms with E-state index < -0.39 is 11.8 Å². The van der Waals surface area contributed by atoms with Crippen molar-refractivity contribution in [1.82, 2.24) is 20.1 Å². The molecule has 0 radical (unpaired) electrons. The van der Waals surface area contributed by atoms with Crippen LogP contribution >= 0.6 is 0 Å². The van der Waals surface area contributed by atoms with E-state index in [4.69, 9.17) is 0 Å². The lowest BCUT2D eigenvalue weighted by molar-refractivity contribution is -0.136. The third kappa shape index (κ3) is 3.40. The Morgan fingerprint density at radius 1 is 1.12 bits per heavy atom. The molecule has 7 nitrogen and oxygen atoms in total. The number of nitrogens with one attached hydrogen (secondary N) is 2. The van der Waals surface area contributed by atoms with Gasteiger partial charge < -0.3 is 10.6 Å². The van der Waals surface area contributed by atoms with Crippen LogP contribution < -0.4 is 10.6 Å². The molecule has 25 heavy (non-hydrogen) atoms. The lowest BCUT2D eigenvalue weighted by Crippen LogP contribution is -2.39. The average Bonchev–Trinajstić information content (AvgIpc) is 3.37. The third-order valence-corrected chi connectivity index (χ3v) is 5.42. The van der Waals surface area contributed by atoms with Crippen molar-refractivity contribution < 1.29 is 9.59 Å². The van der Waals surface area contributed by atoms with E-state index in [1.807, 2.05) is 0 Å². The van der Waals surface area contributed by atoms with Gasteiger partial charge in [0.05, 0.1) is 5.69 Å². The quantitative estimate of drug-likeness (QED) is 0.831. The highest BCUT2D eigenvalue weighted by Crippen LogP contribution is 2.47. The number of nitrogens with zero attached hydrogens (tertiary/aromatic N) is 3. The van der Waals surface area contributed by atoms with Crippen LogP contribution in [0.1, 0.15) is 25.7 Å². The Morgan fingerprint density at radius 3 is 2.60 bits per heavy atom. The molecular weight excluding hydrogens is 318 g/mol. The fraction of sp³-hybridized carbons (Fsp3) is 0.444. The van der Waals surface area contributed by atoms with Gasteiger partial charge in [0.2, 0.25) is 0 Å². The van der Waals surface area contributed by atoms with E-state index >= 15 is 0 Å². The van der Waals surface area contributed by atoms with Gasteiger partial charge in [-0.2, -0.15) is 5.10 Å². The van der Waals surface area contributed by atoms with E-state index in [9.17, 15) is 9.59 Å². The summed E-state index contributed by atoms with van der Waals surface area (Å²) in [4.78, 5) is 27.9. The van der Waals surface area contributed by atoms with Crippen molar-refractivity contribution in [3.63, 3.8) is 0 Å². The second-order valence-corrected chi connectivity index (χ2v) is 6.99. The Hall–Kier alpha value is -2.70. The molecule has 2 fully saturated rings. The number of hydrogen-bond donors (Lipinski definition) is 2. The van der Waals surface area contributed by atoms with Gasteiger partial charge in [-0.3, -0.25) is 9.59 Å². The van der Waals surface area contributed by atoms with Gasteiger partial charge in [-0.1, -0.05) is 6.42 Å². The molecule has 2 amide bonds. The summed E-state index contributed by atoms with van der Waals surface area (Å²) in [6, 6.07) is 7.07. The van der Waals surface area contributed by atoms with Crippen LogP contribution in [0, 0.1) is 17.8 Å². The second-order valence-electron chi connectivity index (χ2n) is 6.99. The van der Waals surface area contributed by atoms with E-state index in [1.54, 1.807) is 35.3 Å². The first-order valence-electron chi connectivity index (χ1n) is 8.73. The van der Waals surface area contributed by atoms with Gasteiger partial charge in [-0.25, -0.2) is 9.67 Å². The van der Waals surface area contributed by atoms with Crippen LogP contribution in [0.5, 0.6) is 0 Å². The molecule has 0 saturated heterocycles. The Balaban J connectivity index is 1.28. The third-order valence-electron chi connectivity index (χ3n) is 5.42. The van der Waals surface area contributed by atoms with Crippen LogP contribution in [0.2, 0.25) is 0 Å². The number of amides is 2. The van der Waals surface area contributed by atoms with Gasteiger partial charge in [0, 0.05) is 12.2 Å². The van der Waals surface area contributed by atoms with Gasteiger partial charge in [0.25, 0.3) is 0 Å². The first kappa shape index (κ1) is 15.8. The Morgan fingerprint density at radius 2 is 1.96 bits per heavy atom. The minimum absolute atomic E-state index is 0.539. The van der Waals surface area contributed by atoms with E-state index in [0.717, 1.165) is 17.5 Å². The molecule has 2 aliphatic rings. The molecule has 0 aliphatic heterocycles. The standard InChI is InChI=1S/C18H21N5O2/c24-17(20-9-14-8-12-1-2-13(14)7-12)18(25)22-15-3-5-16(6-4-15)23-11-19-10-21-23/h3-6,10-14H,1-2,7-9H2,(H,20,24)(H,22,25)/t12-,13-,14+/m0/s1. The van der Waals surface area contributed by atoms with Gasteiger partial charge >= 0.3 is 11.8 Å². The molecule has 2 bridgehead atoms. The summed E-state index contributed by atoms with van der Waals surface area (Å²) >= 11 is 0. The smallest absolute Gasteiger partial charge is 0.313 e. The van der Waals surface area contributed by atoms with E-state index in [0.29, 0.717) is 18.2 Å². The summed E-state index contributed by atoms with van der Waals surface area (Å²) in [7, 11) is 0. The Bertz CT molecular complexity index is 756. The zero-order chi connectivity index (χ0) is 17.2. The molecule has 1 aromatic heterocycles. The predicted octanol–water partition coefficient (Wildman–Crippen LogP) is 1.76. The number of rotatable bonds is 4. The van der Waals surface area contributed by atoms with Crippen molar-refractivity contribution >= 4 is 17.5 Å². The molecule has 1 heterocycles. The van der Waals surface area contributed by atoms with E-state index in [1.165, 1.54) is 32.0 Å². The molecule has 0 spiro atoms. The SMILES string of the molecule is O=C(NC[C@H]1C[C@H]2CC[C@H]1C2)C(=O)Nc1ccc(-n2cncn2)cc1. The average molecular weight is 339 g/mol. The number of hydrogen-bond acceptors (Lipinski definition) is 4. The maximum atomic E-state index is 12.0. The van der Waals surface area contributed by atoms with E-state index in [2.05, 4.69) is 20.7 Å². The number of fused-ring (bicyclic) bond motifs is 2. The maximum absolute atomic E-state index is 12.0. The molecule has 2 aromatic rings. The summed E-state index contributed by atoms with van der Waals surface area (Å²) < 4.78 is 1.62. The van der Waals surface area contributed by atoms with Gasteiger partial charge in [-0.15, -0.1) is 0 Å². The van der Waals surface area contributed by atoms with Crippen molar-refractivity contribution in [3.05, 3.63) is 36.9 Å². The molecule has 130 valence electrons. The van der Waals surface area contributed by atoms with Crippen molar-refractivity contribution in [2.75, 3.05) is 11.9 Å². The maximum Gasteiger partial charge on any atom is 0.313 e. The molecule has 2 aliphatic carbocycles. The van der Waals surface area contributed by atoms with Crippen molar-refractivity contribution in [2.45, 2.75) is 25.7 Å². The highest BCUT2D eigenvalue weighted by Gasteiger charge is 2.39. The minimum Gasteiger partial charge on any atom is -0.348 e.